The summed E-state index contributed by atoms with van der Waals surface area (Å²) in [5.41, 5.74) is 0. The van der Waals surface area contributed by atoms with Crippen molar-refractivity contribution in [1.29, 1.82) is 0 Å². The van der Waals surface area contributed by atoms with E-state index >= 15 is 0 Å². The van der Waals surface area contributed by atoms with Crippen molar-refractivity contribution in [3.05, 3.63) is 0 Å². The largest absolute Gasteiger partial charge is 0.373 e. The van der Waals surface area contributed by atoms with Crippen molar-refractivity contribution in [2.75, 3.05) is 45.9 Å². The number of morpholine rings is 2. The maximum Gasteiger partial charge on any atom is 0.250 e. The van der Waals surface area contributed by atoms with Crippen LogP contribution in [0.25, 0.3) is 0 Å². The molecule has 6 nitrogen and oxygen atoms in total. The average Bonchev–Trinajstić information content (AvgIpc) is 2.46. The number of unbranched alkanes of at least 4 members (excludes halogenated alkanes) is 1. The molecule has 0 aliphatic carbocycles. The van der Waals surface area contributed by atoms with Gasteiger partial charge in [0.1, 0.15) is 6.10 Å². The van der Waals surface area contributed by atoms with Gasteiger partial charge < -0.3 is 20.1 Å². The quantitative estimate of drug-likeness (QED) is 0.677. The van der Waals surface area contributed by atoms with Gasteiger partial charge in [0, 0.05) is 32.7 Å². The van der Waals surface area contributed by atoms with E-state index in [0.29, 0.717) is 25.4 Å². The summed E-state index contributed by atoms with van der Waals surface area (Å²) >= 11 is 0. The summed E-state index contributed by atoms with van der Waals surface area (Å²) in [5.74, 6) is 0.0100. The predicted octanol–water partition coefficient (Wildman–Crippen LogP) is 0.824. The van der Waals surface area contributed by atoms with E-state index in [2.05, 4.69) is 29.4 Å². The van der Waals surface area contributed by atoms with Crippen LogP contribution in [0.15, 0.2) is 0 Å². The van der Waals surface area contributed by atoms with Gasteiger partial charge in [-0.05, 0) is 33.2 Å². The Hall–Kier alpha value is -0.110. The molecule has 0 radical (unpaired) electrons. The molecule has 0 aromatic heterocycles. The zero-order chi connectivity index (χ0) is 15.1. The number of nitrogens with one attached hydrogen (secondary N) is 2. The van der Waals surface area contributed by atoms with E-state index in [-0.39, 0.29) is 36.8 Å². The van der Waals surface area contributed by atoms with E-state index in [1.165, 1.54) is 0 Å². The Morgan fingerprint density at radius 3 is 2.52 bits per heavy atom. The highest BCUT2D eigenvalue weighted by Crippen LogP contribution is 2.11. The van der Waals surface area contributed by atoms with Crippen molar-refractivity contribution in [1.82, 2.24) is 15.5 Å². The zero-order valence-electron chi connectivity index (χ0n) is 14.1. The van der Waals surface area contributed by atoms with Crippen LogP contribution in [-0.2, 0) is 14.3 Å². The smallest absolute Gasteiger partial charge is 0.250 e. The first kappa shape index (κ1) is 22.9. The number of hydrogen-bond donors (Lipinski definition) is 2. The lowest BCUT2D eigenvalue weighted by Gasteiger charge is -2.35. The molecule has 3 unspecified atom stereocenters. The molecule has 2 N–H and O–H groups in total. The Morgan fingerprint density at radius 1 is 1.22 bits per heavy atom. The maximum atomic E-state index is 11.8. The van der Waals surface area contributed by atoms with Crippen LogP contribution in [0.1, 0.15) is 26.7 Å². The summed E-state index contributed by atoms with van der Waals surface area (Å²) in [6.07, 6.45) is 2.43. The Kier molecular flexibility index (Phi) is 12.2. The van der Waals surface area contributed by atoms with Crippen molar-refractivity contribution in [3.63, 3.8) is 0 Å². The molecular weight excluding hydrogens is 341 g/mol. The summed E-state index contributed by atoms with van der Waals surface area (Å²) in [6, 6.07) is 0. The van der Waals surface area contributed by atoms with E-state index < -0.39 is 0 Å². The van der Waals surface area contributed by atoms with Crippen LogP contribution in [0, 0.1) is 0 Å². The molecule has 2 saturated heterocycles. The van der Waals surface area contributed by atoms with Crippen LogP contribution in [0.5, 0.6) is 0 Å². The summed E-state index contributed by atoms with van der Waals surface area (Å²) in [6.45, 7) is 10.2. The second-order valence-electron chi connectivity index (χ2n) is 6.08. The van der Waals surface area contributed by atoms with Gasteiger partial charge in [-0.2, -0.15) is 0 Å². The molecule has 0 aromatic rings. The third-order valence-electron chi connectivity index (χ3n) is 3.92. The topological polar surface area (TPSA) is 62.8 Å². The molecule has 138 valence electrons. The number of amides is 1. The van der Waals surface area contributed by atoms with Crippen molar-refractivity contribution in [2.45, 2.75) is 45.0 Å². The van der Waals surface area contributed by atoms with Crippen LogP contribution >= 0.6 is 24.8 Å². The Bertz CT molecular complexity index is 321. The highest BCUT2D eigenvalue weighted by Gasteiger charge is 2.22. The van der Waals surface area contributed by atoms with Crippen molar-refractivity contribution < 1.29 is 14.3 Å². The zero-order valence-corrected chi connectivity index (χ0v) is 15.7. The first-order valence-electron chi connectivity index (χ1n) is 8.13. The molecular formula is C15H31Cl2N3O3. The van der Waals surface area contributed by atoms with Gasteiger partial charge in [-0.15, -0.1) is 24.8 Å². The van der Waals surface area contributed by atoms with Crippen LogP contribution in [0.2, 0.25) is 0 Å². The number of nitrogens with zero attached hydrogens (tertiary/aromatic N) is 1. The molecule has 2 aliphatic rings. The number of ether oxygens (including phenoxy) is 2. The molecule has 0 bridgehead atoms. The second-order valence-corrected chi connectivity index (χ2v) is 6.08. The molecule has 2 fully saturated rings. The van der Waals surface area contributed by atoms with Gasteiger partial charge in [0.2, 0.25) is 5.91 Å². The summed E-state index contributed by atoms with van der Waals surface area (Å²) in [5, 5.41) is 6.12. The fourth-order valence-corrected chi connectivity index (χ4v) is 2.99. The Morgan fingerprint density at radius 2 is 1.91 bits per heavy atom. The van der Waals surface area contributed by atoms with E-state index in [1.54, 1.807) is 0 Å². The minimum Gasteiger partial charge on any atom is -0.373 e. The number of carbonyl (C=O) groups excluding carboxylic acids is 1. The van der Waals surface area contributed by atoms with Crippen molar-refractivity contribution in [2.24, 2.45) is 0 Å². The molecule has 0 spiro atoms. The summed E-state index contributed by atoms with van der Waals surface area (Å²) < 4.78 is 11.1. The van der Waals surface area contributed by atoms with E-state index in [4.69, 9.17) is 9.47 Å². The van der Waals surface area contributed by atoms with Crippen molar-refractivity contribution in [3.8, 4) is 0 Å². The molecule has 2 rings (SSSR count). The Balaban J connectivity index is 0.00000242. The summed E-state index contributed by atoms with van der Waals surface area (Å²) in [7, 11) is 0. The van der Waals surface area contributed by atoms with Crippen LogP contribution in [-0.4, -0.2) is 75.0 Å². The highest BCUT2D eigenvalue weighted by atomic mass is 35.5. The van der Waals surface area contributed by atoms with Gasteiger partial charge in [0.05, 0.1) is 18.8 Å². The lowest BCUT2D eigenvalue weighted by Crippen LogP contribution is -2.48. The number of rotatable bonds is 6. The minimum absolute atomic E-state index is 0. The molecule has 2 aliphatic heterocycles. The molecule has 0 aromatic carbocycles. The molecule has 2 heterocycles. The average molecular weight is 372 g/mol. The van der Waals surface area contributed by atoms with Gasteiger partial charge in [0.15, 0.2) is 0 Å². The van der Waals surface area contributed by atoms with E-state index in [9.17, 15) is 4.79 Å². The second kappa shape index (κ2) is 12.3. The van der Waals surface area contributed by atoms with Gasteiger partial charge in [-0.1, -0.05) is 0 Å². The van der Waals surface area contributed by atoms with E-state index in [1.807, 2.05) is 0 Å². The van der Waals surface area contributed by atoms with Crippen LogP contribution in [0.3, 0.4) is 0 Å². The van der Waals surface area contributed by atoms with Crippen LogP contribution < -0.4 is 10.6 Å². The molecule has 23 heavy (non-hydrogen) atoms. The van der Waals surface area contributed by atoms with E-state index in [0.717, 1.165) is 45.6 Å². The lowest BCUT2D eigenvalue weighted by molar-refractivity contribution is -0.134. The fraction of sp³-hybridized carbons (Fsp3) is 0.933. The van der Waals surface area contributed by atoms with Crippen molar-refractivity contribution >= 4 is 30.7 Å². The third kappa shape index (κ3) is 8.52. The maximum absolute atomic E-state index is 11.8. The van der Waals surface area contributed by atoms with Gasteiger partial charge in [0.25, 0.3) is 0 Å². The monoisotopic (exact) mass is 371 g/mol. The van der Waals surface area contributed by atoms with Gasteiger partial charge in [-0.3, -0.25) is 9.69 Å². The Labute approximate surface area is 151 Å². The molecule has 3 atom stereocenters. The number of halogens is 2. The molecule has 0 saturated carbocycles. The number of carbonyl (C=O) groups is 1. The fourth-order valence-electron chi connectivity index (χ4n) is 2.99. The molecule has 1 amide bonds. The predicted molar refractivity (Wildman–Crippen MR) is 95.8 cm³/mol. The third-order valence-corrected chi connectivity index (χ3v) is 3.92. The number of hydrogen-bond acceptors (Lipinski definition) is 5. The normalized spacial score (nSPS) is 28.3. The van der Waals surface area contributed by atoms with Crippen LogP contribution in [0.4, 0.5) is 0 Å². The first-order chi connectivity index (χ1) is 10.1. The highest BCUT2D eigenvalue weighted by molar-refractivity contribution is 5.85. The first-order valence-corrected chi connectivity index (χ1v) is 8.13. The van der Waals surface area contributed by atoms with Gasteiger partial charge in [-0.25, -0.2) is 0 Å². The lowest BCUT2D eigenvalue weighted by atomic mass is 10.2. The molecule has 8 heteroatoms. The standard InChI is InChI=1S/C15H29N3O3.2ClH/c1-12-10-18(11-13(2)21-12)7-4-3-5-17-15(19)14-9-16-6-8-20-14;;/h12-14,16H,3-11H2,1-2H3,(H,17,19);2*1H. The minimum atomic E-state index is -0.320. The van der Waals surface area contributed by atoms with Gasteiger partial charge >= 0.3 is 0 Å². The SMILES string of the molecule is CC1CN(CCCCNC(=O)C2CNCCO2)CC(C)O1.Cl.Cl. The summed E-state index contributed by atoms with van der Waals surface area (Å²) in [4.78, 5) is 14.3.